The lowest BCUT2D eigenvalue weighted by Gasteiger charge is -2.73. The first-order valence-electron chi connectivity index (χ1n) is 22.3. The number of amides is 1. The van der Waals surface area contributed by atoms with Gasteiger partial charge in [0, 0.05) is 25.0 Å². The highest BCUT2D eigenvalue weighted by Crippen LogP contribution is 2.77. The summed E-state index contributed by atoms with van der Waals surface area (Å²) in [5.41, 5.74) is -0.971. The molecule has 328 valence electrons. The molecule has 17 atom stereocenters. The molecule has 4 saturated carbocycles. The number of ether oxygens (including phenoxy) is 3. The van der Waals surface area contributed by atoms with Gasteiger partial charge in [-0.1, -0.05) is 76.6 Å². The van der Waals surface area contributed by atoms with Gasteiger partial charge in [0.25, 0.3) is 0 Å². The van der Waals surface area contributed by atoms with Crippen molar-refractivity contribution in [2.45, 2.75) is 142 Å². The molecule has 0 bridgehead atoms. The van der Waals surface area contributed by atoms with Gasteiger partial charge in [-0.15, -0.1) is 0 Å². The number of rotatable bonds is 10. The third-order valence-electron chi connectivity index (χ3n) is 18.4. The van der Waals surface area contributed by atoms with Gasteiger partial charge in [0.1, 0.15) is 18.3 Å². The fourth-order valence-corrected chi connectivity index (χ4v) is 14.7. The zero-order valence-corrected chi connectivity index (χ0v) is 35.6. The smallest absolute Gasteiger partial charge is 0.310 e. The number of fused-ring (bicyclic) bond motifs is 7. The molecule has 6 fully saturated rings. The van der Waals surface area contributed by atoms with Crippen LogP contribution in [0.2, 0.25) is 0 Å². The maximum Gasteiger partial charge on any atom is 0.310 e. The Bertz CT molecular complexity index is 1780. The number of aliphatic hydroxyl groups is 5. The summed E-state index contributed by atoms with van der Waals surface area (Å²) in [6.45, 7) is 11.7. The van der Waals surface area contributed by atoms with E-state index in [-0.39, 0.29) is 78.2 Å². The minimum Gasteiger partial charge on any atom is -0.481 e. The van der Waals surface area contributed by atoms with Crippen LogP contribution in [0.1, 0.15) is 104 Å². The monoisotopic (exact) mass is 823 g/mol. The highest BCUT2D eigenvalue weighted by molar-refractivity contribution is 5.78. The molecule has 1 amide bonds. The van der Waals surface area contributed by atoms with Crippen molar-refractivity contribution in [3.63, 3.8) is 0 Å². The summed E-state index contributed by atoms with van der Waals surface area (Å²) < 4.78 is 19.9. The summed E-state index contributed by atoms with van der Waals surface area (Å²) in [7, 11) is 0. The van der Waals surface area contributed by atoms with Gasteiger partial charge >= 0.3 is 5.97 Å². The molecule has 0 spiro atoms. The summed E-state index contributed by atoms with van der Waals surface area (Å²) in [5, 5.41) is 68.7. The van der Waals surface area contributed by atoms with E-state index in [9.17, 15) is 40.2 Å². The highest BCUT2D eigenvalue weighted by Gasteiger charge is 2.73. The SMILES string of the molecule is C[C@@]1(CO)CC[C@@]2(C(=O)O)CC[C@@]3(C)C(=CC[C@H]4[C@@]5(C)[C@H](C[C@H]6CNC(=O)C6)[C@@H](OCc6ccccc6)[C@@H](O[C@H]6OC[C@@H](O)[C@H](O)[C@H]6O)[C@@](C)(CO)[C@@H]5CC[C@]43C)[C@@H]2C1. The Hall–Kier alpha value is -2.42. The Balaban J connectivity index is 1.26. The van der Waals surface area contributed by atoms with Gasteiger partial charge in [-0.05, 0) is 115 Å². The van der Waals surface area contributed by atoms with Crippen LogP contribution in [-0.4, -0.2) is 106 Å². The van der Waals surface area contributed by atoms with Crippen molar-refractivity contribution >= 4 is 11.9 Å². The predicted octanol–water partition coefficient (Wildman–Crippen LogP) is 4.59. The Morgan fingerprint density at radius 1 is 0.932 bits per heavy atom. The third-order valence-corrected chi connectivity index (χ3v) is 18.4. The number of carbonyl (C=O) groups is 2. The number of aliphatic carboxylic acids is 1. The number of hydrogen-bond acceptors (Lipinski definition) is 10. The standard InChI is InChI=1S/C47H69NO11/c1-42(25-49)15-17-47(41(55)56)18-16-44(3)29(31(47)21-42)11-12-34-45(44,4)14-13-33-43(2,26-50)39(59-40-37(54)36(53)32(51)24-58-40)38(57-23-27-9-7-6-8-10-27)30(46(33,34)5)19-28-20-35(52)48-22-28/h6-11,28,30-34,36-40,49-51,53-54H,12-26H2,1-5H3,(H,48,52)(H,55,56)/t28-,30-,31+,32-,33+,34-,36+,37-,38-,39-,40-,42-,43+,44+,45-,46+,47-/m1/s1. The molecule has 12 nitrogen and oxygen atoms in total. The van der Waals surface area contributed by atoms with Crippen molar-refractivity contribution in [3.05, 3.63) is 47.5 Å². The molecule has 8 rings (SSSR count). The Labute approximate surface area is 349 Å². The summed E-state index contributed by atoms with van der Waals surface area (Å²) in [5.74, 6) is -1.05. The maximum absolute atomic E-state index is 13.3. The van der Waals surface area contributed by atoms with Crippen molar-refractivity contribution < 1.29 is 54.4 Å². The quantitative estimate of drug-likeness (QED) is 0.129. The minimum atomic E-state index is -1.53. The van der Waals surface area contributed by atoms with Crippen LogP contribution in [0, 0.1) is 62.1 Å². The molecule has 2 heterocycles. The summed E-state index contributed by atoms with van der Waals surface area (Å²) in [6.07, 6.45) is 1.97. The molecule has 1 aromatic rings. The Morgan fingerprint density at radius 2 is 1.66 bits per heavy atom. The number of benzene rings is 1. The largest absolute Gasteiger partial charge is 0.481 e. The zero-order chi connectivity index (χ0) is 42.3. The topological polar surface area (TPSA) is 195 Å². The lowest BCUT2D eigenvalue weighted by Crippen LogP contribution is -2.72. The molecule has 12 heteroatoms. The normalized spacial score (nSPS) is 49.4. The molecule has 7 N–H and O–H groups in total. The van der Waals surface area contributed by atoms with E-state index in [0.717, 1.165) is 31.2 Å². The van der Waals surface area contributed by atoms with Gasteiger partial charge in [-0.3, -0.25) is 9.59 Å². The van der Waals surface area contributed by atoms with Gasteiger partial charge in [0.05, 0.1) is 37.4 Å². The van der Waals surface area contributed by atoms with Gasteiger partial charge in [0.2, 0.25) is 5.91 Å². The molecule has 5 aliphatic carbocycles. The average molecular weight is 824 g/mol. The number of carboxylic acid groups (broad SMARTS) is 1. The second-order valence-corrected chi connectivity index (χ2v) is 21.3. The van der Waals surface area contributed by atoms with E-state index in [1.807, 2.05) is 30.3 Å². The lowest BCUT2D eigenvalue weighted by molar-refractivity contribution is -0.345. The van der Waals surface area contributed by atoms with Crippen LogP contribution in [0.15, 0.2) is 42.0 Å². The van der Waals surface area contributed by atoms with E-state index in [2.05, 4.69) is 46.0 Å². The molecule has 2 saturated heterocycles. The first-order chi connectivity index (χ1) is 27.9. The summed E-state index contributed by atoms with van der Waals surface area (Å²) in [4.78, 5) is 26.1. The van der Waals surface area contributed by atoms with E-state index in [4.69, 9.17) is 14.2 Å². The van der Waals surface area contributed by atoms with Crippen molar-refractivity contribution in [2.75, 3.05) is 26.4 Å². The van der Waals surface area contributed by atoms with Crippen LogP contribution in [0.25, 0.3) is 0 Å². The number of nitrogens with one attached hydrogen (secondary N) is 1. The van der Waals surface area contributed by atoms with Gasteiger partial charge in [-0.2, -0.15) is 0 Å². The van der Waals surface area contributed by atoms with Crippen LogP contribution in [-0.2, 0) is 30.4 Å². The van der Waals surface area contributed by atoms with Gasteiger partial charge in [0.15, 0.2) is 6.29 Å². The van der Waals surface area contributed by atoms with Crippen molar-refractivity contribution in [1.29, 1.82) is 0 Å². The highest BCUT2D eigenvalue weighted by atomic mass is 16.7. The molecule has 0 radical (unpaired) electrons. The number of hydrogen-bond donors (Lipinski definition) is 7. The van der Waals surface area contributed by atoms with Crippen LogP contribution in [0.5, 0.6) is 0 Å². The van der Waals surface area contributed by atoms with E-state index < -0.39 is 59.0 Å². The summed E-state index contributed by atoms with van der Waals surface area (Å²) in [6, 6.07) is 9.90. The van der Waals surface area contributed by atoms with Gasteiger partial charge in [-0.25, -0.2) is 0 Å². The number of allylic oxidation sites excluding steroid dienone is 2. The molecule has 7 aliphatic rings. The molecule has 59 heavy (non-hydrogen) atoms. The molecule has 2 aliphatic heterocycles. The van der Waals surface area contributed by atoms with Crippen LogP contribution >= 0.6 is 0 Å². The van der Waals surface area contributed by atoms with Gasteiger partial charge < -0.3 is 50.2 Å². The maximum atomic E-state index is 13.3. The van der Waals surface area contributed by atoms with Crippen molar-refractivity contribution in [1.82, 2.24) is 5.32 Å². The summed E-state index contributed by atoms with van der Waals surface area (Å²) >= 11 is 0. The third kappa shape index (κ3) is 6.59. The Morgan fingerprint density at radius 3 is 2.32 bits per heavy atom. The van der Waals surface area contributed by atoms with Crippen LogP contribution < -0.4 is 5.32 Å². The number of carboxylic acids is 1. The lowest BCUT2D eigenvalue weighted by atomic mass is 9.31. The molecule has 0 aromatic heterocycles. The van der Waals surface area contributed by atoms with Crippen molar-refractivity contribution in [2.24, 2.45) is 62.1 Å². The molecule has 0 unspecified atom stereocenters. The Kier molecular flexibility index (Phi) is 11.3. The fraction of sp³-hybridized carbons (Fsp3) is 0.787. The number of aliphatic hydroxyl groups excluding tert-OH is 5. The second kappa shape index (κ2) is 15.4. The van der Waals surface area contributed by atoms with Crippen LogP contribution in [0.4, 0.5) is 0 Å². The predicted molar refractivity (Wildman–Crippen MR) is 217 cm³/mol. The van der Waals surface area contributed by atoms with E-state index in [0.29, 0.717) is 45.1 Å². The van der Waals surface area contributed by atoms with E-state index in [1.54, 1.807) is 0 Å². The molecular weight excluding hydrogens is 755 g/mol. The first kappa shape index (κ1) is 43.2. The second-order valence-electron chi connectivity index (χ2n) is 21.3. The molecule has 1 aromatic carbocycles. The van der Waals surface area contributed by atoms with E-state index in [1.165, 1.54) is 5.57 Å². The first-order valence-corrected chi connectivity index (χ1v) is 22.3. The fourth-order valence-electron chi connectivity index (χ4n) is 14.7. The van der Waals surface area contributed by atoms with E-state index >= 15 is 0 Å². The van der Waals surface area contributed by atoms with Crippen LogP contribution in [0.3, 0.4) is 0 Å². The zero-order valence-electron chi connectivity index (χ0n) is 35.6. The minimum absolute atomic E-state index is 0.0197. The number of carbonyl (C=O) groups excluding carboxylic acids is 1. The van der Waals surface area contributed by atoms with Crippen molar-refractivity contribution in [3.8, 4) is 0 Å². The average Bonchev–Trinajstić information content (AvgIpc) is 3.64. The molecular formula is C47H69NO11.